The van der Waals surface area contributed by atoms with Crippen LogP contribution in [0.2, 0.25) is 0 Å². The second kappa shape index (κ2) is 6.54. The van der Waals surface area contributed by atoms with Crippen molar-refractivity contribution >= 4 is 0 Å². The molecule has 0 aliphatic heterocycles. The van der Waals surface area contributed by atoms with Gasteiger partial charge in [0.1, 0.15) is 5.75 Å². The molecule has 0 amide bonds. The molecule has 16 heavy (non-hydrogen) atoms. The Kier molecular flexibility index (Phi) is 5.33. The molecule has 2 nitrogen and oxygen atoms in total. The average Bonchev–Trinajstić information content (AvgIpc) is 2.28. The molecule has 1 rings (SSSR count). The third-order valence-electron chi connectivity index (χ3n) is 2.69. The van der Waals surface area contributed by atoms with E-state index in [2.05, 4.69) is 13.8 Å². The molecule has 0 radical (unpaired) electrons. The van der Waals surface area contributed by atoms with E-state index in [0.29, 0.717) is 12.4 Å². The first kappa shape index (κ1) is 13.0. The maximum absolute atomic E-state index is 9.99. The van der Waals surface area contributed by atoms with Crippen LogP contribution >= 0.6 is 0 Å². The highest BCUT2D eigenvalue weighted by Crippen LogP contribution is 2.25. The Balaban J connectivity index is 2.67. The molecule has 1 aromatic rings. The standard InChI is InChI=1S/C14H22O2/c1-4-6-7-16-10-13-9-11(3)8-12(5-2)14(13)15/h8-9,15H,4-7,10H2,1-3H3. The number of hydrogen-bond acceptors (Lipinski definition) is 2. The molecule has 0 saturated heterocycles. The molecule has 1 aromatic carbocycles. The number of aromatic hydroxyl groups is 1. The van der Waals surface area contributed by atoms with E-state index in [0.717, 1.165) is 37.0 Å². The van der Waals surface area contributed by atoms with Gasteiger partial charge in [-0.05, 0) is 25.3 Å². The Morgan fingerprint density at radius 3 is 2.50 bits per heavy atom. The van der Waals surface area contributed by atoms with Crippen molar-refractivity contribution in [1.82, 2.24) is 0 Å². The van der Waals surface area contributed by atoms with Crippen molar-refractivity contribution in [2.24, 2.45) is 0 Å². The highest BCUT2D eigenvalue weighted by atomic mass is 16.5. The van der Waals surface area contributed by atoms with Crippen LogP contribution in [-0.2, 0) is 17.8 Å². The lowest BCUT2D eigenvalue weighted by Crippen LogP contribution is -1.98. The van der Waals surface area contributed by atoms with Crippen LogP contribution in [0.3, 0.4) is 0 Å². The van der Waals surface area contributed by atoms with Gasteiger partial charge >= 0.3 is 0 Å². The van der Waals surface area contributed by atoms with Crippen molar-refractivity contribution in [2.75, 3.05) is 6.61 Å². The highest BCUT2D eigenvalue weighted by molar-refractivity contribution is 5.43. The van der Waals surface area contributed by atoms with Gasteiger partial charge in [-0.2, -0.15) is 0 Å². The topological polar surface area (TPSA) is 29.5 Å². The summed E-state index contributed by atoms with van der Waals surface area (Å²) in [5.74, 6) is 0.407. The summed E-state index contributed by atoms with van der Waals surface area (Å²) >= 11 is 0. The molecule has 0 unspecified atom stereocenters. The summed E-state index contributed by atoms with van der Waals surface area (Å²) in [6.07, 6.45) is 3.07. The molecule has 0 aliphatic rings. The first-order valence-corrected chi connectivity index (χ1v) is 6.08. The van der Waals surface area contributed by atoms with Crippen LogP contribution in [0.4, 0.5) is 0 Å². The van der Waals surface area contributed by atoms with Crippen molar-refractivity contribution in [3.8, 4) is 5.75 Å². The molecule has 0 heterocycles. The molecule has 0 spiro atoms. The molecule has 2 heteroatoms. The van der Waals surface area contributed by atoms with Gasteiger partial charge in [0, 0.05) is 12.2 Å². The summed E-state index contributed by atoms with van der Waals surface area (Å²) in [5, 5.41) is 9.99. The molecule has 1 N–H and O–H groups in total. The predicted octanol–water partition coefficient (Wildman–Crippen LogP) is 3.58. The highest BCUT2D eigenvalue weighted by Gasteiger charge is 2.07. The monoisotopic (exact) mass is 222 g/mol. The van der Waals surface area contributed by atoms with Gasteiger partial charge in [-0.1, -0.05) is 38.0 Å². The third kappa shape index (κ3) is 3.53. The summed E-state index contributed by atoms with van der Waals surface area (Å²) in [6, 6.07) is 4.03. The lowest BCUT2D eigenvalue weighted by Gasteiger charge is -2.10. The second-order valence-corrected chi connectivity index (χ2v) is 4.19. The van der Waals surface area contributed by atoms with Crippen LogP contribution in [0.1, 0.15) is 43.4 Å². The number of ether oxygens (including phenoxy) is 1. The summed E-state index contributed by atoms with van der Waals surface area (Å²) in [4.78, 5) is 0. The Morgan fingerprint density at radius 2 is 1.88 bits per heavy atom. The van der Waals surface area contributed by atoms with E-state index in [9.17, 15) is 5.11 Å². The first-order valence-electron chi connectivity index (χ1n) is 6.08. The largest absolute Gasteiger partial charge is 0.507 e. The van der Waals surface area contributed by atoms with Gasteiger partial charge in [0.15, 0.2) is 0 Å². The minimum absolute atomic E-state index is 0.407. The van der Waals surface area contributed by atoms with Crippen LogP contribution in [-0.4, -0.2) is 11.7 Å². The molecule has 0 aromatic heterocycles. The van der Waals surface area contributed by atoms with E-state index in [1.807, 2.05) is 19.1 Å². The van der Waals surface area contributed by atoms with Crippen molar-refractivity contribution in [2.45, 2.75) is 46.6 Å². The van der Waals surface area contributed by atoms with Crippen LogP contribution in [0.15, 0.2) is 12.1 Å². The molecule has 0 fully saturated rings. The summed E-state index contributed by atoms with van der Waals surface area (Å²) < 4.78 is 5.54. The molecule has 90 valence electrons. The number of phenols is 1. The van der Waals surface area contributed by atoms with Crippen molar-refractivity contribution in [3.05, 3.63) is 28.8 Å². The fourth-order valence-corrected chi connectivity index (χ4v) is 1.74. The lowest BCUT2D eigenvalue weighted by atomic mass is 10.0. The number of rotatable bonds is 6. The fourth-order valence-electron chi connectivity index (χ4n) is 1.74. The van der Waals surface area contributed by atoms with Gasteiger partial charge < -0.3 is 9.84 Å². The molecule has 0 bridgehead atoms. The second-order valence-electron chi connectivity index (χ2n) is 4.19. The van der Waals surface area contributed by atoms with Crippen molar-refractivity contribution in [3.63, 3.8) is 0 Å². The van der Waals surface area contributed by atoms with E-state index >= 15 is 0 Å². The zero-order valence-electron chi connectivity index (χ0n) is 10.5. The van der Waals surface area contributed by atoms with Crippen molar-refractivity contribution in [1.29, 1.82) is 0 Å². The van der Waals surface area contributed by atoms with Gasteiger partial charge in [-0.3, -0.25) is 0 Å². The zero-order valence-corrected chi connectivity index (χ0v) is 10.5. The maximum atomic E-state index is 9.99. The van der Waals surface area contributed by atoms with Gasteiger partial charge in [0.05, 0.1) is 6.61 Å². The van der Waals surface area contributed by atoms with Crippen LogP contribution in [0.25, 0.3) is 0 Å². The smallest absolute Gasteiger partial charge is 0.124 e. The van der Waals surface area contributed by atoms with Crippen LogP contribution in [0.5, 0.6) is 5.75 Å². The molecule has 0 aliphatic carbocycles. The van der Waals surface area contributed by atoms with E-state index in [4.69, 9.17) is 4.74 Å². The Labute approximate surface area is 98.3 Å². The number of aryl methyl sites for hydroxylation is 2. The number of unbranched alkanes of at least 4 members (excludes halogenated alkanes) is 1. The van der Waals surface area contributed by atoms with Gasteiger partial charge in [-0.25, -0.2) is 0 Å². The fraction of sp³-hybridized carbons (Fsp3) is 0.571. The molecular formula is C14H22O2. The molecular weight excluding hydrogens is 200 g/mol. The summed E-state index contributed by atoms with van der Waals surface area (Å²) in [6.45, 7) is 7.53. The normalized spacial score (nSPS) is 10.7. The van der Waals surface area contributed by atoms with E-state index in [-0.39, 0.29) is 0 Å². The molecule has 0 atom stereocenters. The number of benzene rings is 1. The maximum Gasteiger partial charge on any atom is 0.124 e. The van der Waals surface area contributed by atoms with Crippen LogP contribution < -0.4 is 0 Å². The minimum Gasteiger partial charge on any atom is -0.507 e. The Bertz CT molecular complexity index is 332. The average molecular weight is 222 g/mol. The Hall–Kier alpha value is -1.02. The number of phenolic OH excluding ortho intramolecular Hbond substituents is 1. The van der Waals surface area contributed by atoms with E-state index in [1.54, 1.807) is 0 Å². The summed E-state index contributed by atoms with van der Waals surface area (Å²) in [7, 11) is 0. The summed E-state index contributed by atoms with van der Waals surface area (Å²) in [5.41, 5.74) is 3.10. The zero-order chi connectivity index (χ0) is 12.0. The van der Waals surface area contributed by atoms with E-state index in [1.165, 1.54) is 5.56 Å². The Morgan fingerprint density at radius 1 is 1.19 bits per heavy atom. The van der Waals surface area contributed by atoms with Gasteiger partial charge in [0.25, 0.3) is 0 Å². The number of hydrogen-bond donors (Lipinski definition) is 1. The minimum atomic E-state index is 0.407. The van der Waals surface area contributed by atoms with E-state index < -0.39 is 0 Å². The first-order chi connectivity index (χ1) is 7.69. The SMILES string of the molecule is CCCCOCc1cc(C)cc(CC)c1O. The van der Waals surface area contributed by atoms with Crippen molar-refractivity contribution < 1.29 is 9.84 Å². The third-order valence-corrected chi connectivity index (χ3v) is 2.69. The molecule has 0 saturated carbocycles. The quantitative estimate of drug-likeness (QED) is 0.745. The predicted molar refractivity (Wildman–Crippen MR) is 66.8 cm³/mol. The van der Waals surface area contributed by atoms with Gasteiger partial charge in [0.2, 0.25) is 0 Å². The van der Waals surface area contributed by atoms with Gasteiger partial charge in [-0.15, -0.1) is 0 Å². The lowest BCUT2D eigenvalue weighted by molar-refractivity contribution is 0.116. The van der Waals surface area contributed by atoms with Crippen LogP contribution in [0, 0.1) is 6.92 Å².